The van der Waals surface area contributed by atoms with E-state index < -0.39 is 0 Å². The Kier molecular flexibility index (Phi) is 5.95. The Morgan fingerprint density at radius 3 is 2.32 bits per heavy atom. The molecule has 2 fully saturated rings. The minimum atomic E-state index is -0.0937. The zero-order valence-electron chi connectivity index (χ0n) is 16.2. The molecule has 2 rings (SSSR count). The molecule has 2 heterocycles. The van der Waals surface area contributed by atoms with Gasteiger partial charge in [0, 0.05) is 52.6 Å². The average Bonchev–Trinajstić information content (AvgIpc) is 2.84. The smallest absolute Gasteiger partial charge is 0.319 e. The van der Waals surface area contributed by atoms with E-state index in [2.05, 4.69) is 26.1 Å². The second-order valence-electron chi connectivity index (χ2n) is 8.68. The van der Waals surface area contributed by atoms with Gasteiger partial charge in [-0.1, -0.05) is 20.8 Å². The fourth-order valence-electron chi connectivity index (χ4n) is 3.53. The second kappa shape index (κ2) is 7.62. The standard InChI is InChI=1S/C18H32N4O3/c1-18(2,3)12-22-11-14(10-15(22)23)19-16(24)13-6-8-21(9-7-13)17(25)20(4)5/h13-14H,6-12H2,1-5H3,(H,19,24)/t14-/m0/s1. The number of carbonyl (C=O) groups is 3. The van der Waals surface area contributed by atoms with Crippen LogP contribution in [0, 0.1) is 11.3 Å². The predicted molar refractivity (Wildman–Crippen MR) is 96.0 cm³/mol. The van der Waals surface area contributed by atoms with Gasteiger partial charge in [0.2, 0.25) is 11.8 Å². The molecule has 0 radical (unpaired) electrons. The van der Waals surface area contributed by atoms with E-state index in [9.17, 15) is 14.4 Å². The predicted octanol–water partition coefficient (Wildman–Crippen LogP) is 1.14. The second-order valence-corrected chi connectivity index (χ2v) is 8.68. The Bertz CT molecular complexity index is 519. The van der Waals surface area contributed by atoms with Gasteiger partial charge < -0.3 is 20.0 Å². The van der Waals surface area contributed by atoms with Gasteiger partial charge in [-0.25, -0.2) is 4.79 Å². The highest BCUT2D eigenvalue weighted by Gasteiger charge is 2.35. The molecule has 0 bridgehead atoms. The first-order valence-electron chi connectivity index (χ1n) is 9.11. The number of nitrogens with one attached hydrogen (secondary N) is 1. The first kappa shape index (κ1) is 19.5. The lowest BCUT2D eigenvalue weighted by Crippen LogP contribution is -2.48. The first-order valence-corrected chi connectivity index (χ1v) is 9.11. The molecule has 0 aromatic rings. The lowest BCUT2D eigenvalue weighted by Gasteiger charge is -2.33. The number of hydrogen-bond acceptors (Lipinski definition) is 3. The average molecular weight is 352 g/mol. The number of piperidine rings is 1. The molecule has 2 aliphatic heterocycles. The molecule has 7 nitrogen and oxygen atoms in total. The fraction of sp³-hybridized carbons (Fsp3) is 0.833. The Morgan fingerprint density at radius 1 is 1.20 bits per heavy atom. The van der Waals surface area contributed by atoms with Gasteiger partial charge in [-0.05, 0) is 18.3 Å². The molecular weight excluding hydrogens is 320 g/mol. The van der Waals surface area contributed by atoms with E-state index in [0.717, 1.165) is 0 Å². The van der Waals surface area contributed by atoms with Crippen LogP contribution in [0.3, 0.4) is 0 Å². The summed E-state index contributed by atoms with van der Waals surface area (Å²) in [5, 5.41) is 3.05. The third-order valence-corrected chi connectivity index (χ3v) is 4.74. The van der Waals surface area contributed by atoms with E-state index in [1.54, 1.807) is 23.9 Å². The molecule has 25 heavy (non-hydrogen) atoms. The Hall–Kier alpha value is -1.79. The van der Waals surface area contributed by atoms with Gasteiger partial charge in [0.25, 0.3) is 0 Å². The summed E-state index contributed by atoms with van der Waals surface area (Å²) in [6.45, 7) is 8.84. The topological polar surface area (TPSA) is 73.0 Å². The highest BCUT2D eigenvalue weighted by molar-refractivity contribution is 5.83. The van der Waals surface area contributed by atoms with Crippen LogP contribution < -0.4 is 5.32 Å². The monoisotopic (exact) mass is 352 g/mol. The number of urea groups is 1. The molecule has 0 saturated carbocycles. The van der Waals surface area contributed by atoms with Crippen molar-refractivity contribution in [1.82, 2.24) is 20.0 Å². The largest absolute Gasteiger partial charge is 0.351 e. The van der Waals surface area contributed by atoms with Crippen LogP contribution in [0.2, 0.25) is 0 Å². The van der Waals surface area contributed by atoms with Crippen LogP contribution in [0.25, 0.3) is 0 Å². The van der Waals surface area contributed by atoms with E-state index in [1.165, 1.54) is 0 Å². The molecule has 0 aromatic carbocycles. The van der Waals surface area contributed by atoms with Crippen molar-refractivity contribution in [2.45, 2.75) is 46.1 Å². The maximum Gasteiger partial charge on any atom is 0.319 e. The number of likely N-dealkylation sites (tertiary alicyclic amines) is 2. The van der Waals surface area contributed by atoms with Crippen LogP contribution in [0.1, 0.15) is 40.0 Å². The number of carbonyl (C=O) groups excluding carboxylic acids is 3. The van der Waals surface area contributed by atoms with Crippen molar-refractivity contribution in [2.24, 2.45) is 11.3 Å². The summed E-state index contributed by atoms with van der Waals surface area (Å²) in [5.74, 6) is 0.0666. The van der Waals surface area contributed by atoms with E-state index in [-0.39, 0.29) is 35.2 Å². The number of amides is 4. The fourth-order valence-corrected chi connectivity index (χ4v) is 3.53. The van der Waals surface area contributed by atoms with Crippen LogP contribution in [0.15, 0.2) is 0 Å². The molecule has 0 aliphatic carbocycles. The van der Waals surface area contributed by atoms with Crippen molar-refractivity contribution in [3.63, 3.8) is 0 Å². The Morgan fingerprint density at radius 2 is 1.80 bits per heavy atom. The van der Waals surface area contributed by atoms with Gasteiger partial charge in [0.05, 0.1) is 6.04 Å². The summed E-state index contributed by atoms with van der Waals surface area (Å²) in [6.07, 6.45) is 1.75. The third kappa shape index (κ3) is 5.34. The van der Waals surface area contributed by atoms with Gasteiger partial charge in [-0.2, -0.15) is 0 Å². The zero-order chi connectivity index (χ0) is 18.8. The van der Waals surface area contributed by atoms with E-state index >= 15 is 0 Å². The van der Waals surface area contributed by atoms with Gasteiger partial charge >= 0.3 is 6.03 Å². The third-order valence-electron chi connectivity index (χ3n) is 4.74. The van der Waals surface area contributed by atoms with Gasteiger partial charge in [0.1, 0.15) is 0 Å². The van der Waals surface area contributed by atoms with Crippen molar-refractivity contribution in [3.8, 4) is 0 Å². The molecule has 4 amide bonds. The summed E-state index contributed by atoms with van der Waals surface area (Å²) in [6, 6.07) is -0.0955. The van der Waals surface area contributed by atoms with Crippen molar-refractivity contribution >= 4 is 17.8 Å². The van der Waals surface area contributed by atoms with Crippen LogP contribution in [0.5, 0.6) is 0 Å². The zero-order valence-corrected chi connectivity index (χ0v) is 16.2. The van der Waals surface area contributed by atoms with Gasteiger partial charge in [-0.15, -0.1) is 0 Å². The first-order chi connectivity index (χ1) is 11.6. The SMILES string of the molecule is CN(C)C(=O)N1CCC(C(=O)N[C@H]2CC(=O)N(CC(C)(C)C)C2)CC1. The van der Waals surface area contributed by atoms with Crippen LogP contribution in [-0.4, -0.2) is 78.9 Å². The summed E-state index contributed by atoms with van der Waals surface area (Å²) >= 11 is 0. The molecule has 1 N–H and O–H groups in total. The minimum Gasteiger partial charge on any atom is -0.351 e. The Labute approximate surface area is 150 Å². The summed E-state index contributed by atoms with van der Waals surface area (Å²) < 4.78 is 0. The van der Waals surface area contributed by atoms with Gasteiger partial charge in [0.15, 0.2) is 0 Å². The number of hydrogen-bond donors (Lipinski definition) is 1. The van der Waals surface area contributed by atoms with E-state index in [4.69, 9.17) is 0 Å². The molecule has 0 aromatic heterocycles. The van der Waals surface area contributed by atoms with Crippen molar-refractivity contribution < 1.29 is 14.4 Å². The van der Waals surface area contributed by atoms with Crippen LogP contribution in [-0.2, 0) is 9.59 Å². The lowest BCUT2D eigenvalue weighted by molar-refractivity contribution is -0.128. The molecule has 1 atom stereocenters. The quantitative estimate of drug-likeness (QED) is 0.828. The molecule has 0 spiro atoms. The molecule has 2 aliphatic rings. The molecule has 142 valence electrons. The maximum atomic E-state index is 12.5. The lowest BCUT2D eigenvalue weighted by atomic mass is 9.95. The van der Waals surface area contributed by atoms with Gasteiger partial charge in [-0.3, -0.25) is 9.59 Å². The van der Waals surface area contributed by atoms with E-state index in [1.807, 2.05) is 4.90 Å². The number of rotatable bonds is 3. The summed E-state index contributed by atoms with van der Waals surface area (Å²) in [5.41, 5.74) is 0.0559. The van der Waals surface area contributed by atoms with E-state index in [0.29, 0.717) is 45.4 Å². The Balaban J connectivity index is 1.80. The summed E-state index contributed by atoms with van der Waals surface area (Å²) in [7, 11) is 3.48. The highest BCUT2D eigenvalue weighted by Crippen LogP contribution is 2.22. The van der Waals surface area contributed by atoms with Crippen molar-refractivity contribution in [1.29, 1.82) is 0 Å². The molecule has 2 saturated heterocycles. The van der Waals surface area contributed by atoms with Crippen molar-refractivity contribution in [3.05, 3.63) is 0 Å². The minimum absolute atomic E-state index is 0.00179. The molecular formula is C18H32N4O3. The number of nitrogens with zero attached hydrogens (tertiary/aromatic N) is 3. The normalized spacial score (nSPS) is 22.3. The summed E-state index contributed by atoms with van der Waals surface area (Å²) in [4.78, 5) is 41.8. The molecule has 0 unspecified atom stereocenters. The molecule has 7 heteroatoms. The van der Waals surface area contributed by atoms with Crippen LogP contribution >= 0.6 is 0 Å². The maximum absolute atomic E-state index is 12.5. The van der Waals surface area contributed by atoms with Crippen molar-refractivity contribution in [2.75, 3.05) is 40.3 Å². The highest BCUT2D eigenvalue weighted by atomic mass is 16.2. The van der Waals surface area contributed by atoms with Crippen LogP contribution in [0.4, 0.5) is 4.79 Å².